The number of rotatable bonds is 6. The number of amides is 2. The van der Waals surface area contributed by atoms with Crippen molar-refractivity contribution in [2.75, 3.05) is 0 Å². The first kappa shape index (κ1) is 22.7. The molecule has 0 bridgehead atoms. The Balaban J connectivity index is 2.30. The van der Waals surface area contributed by atoms with E-state index in [4.69, 9.17) is 0 Å². The molecular formula is C25H34N2O2. The van der Waals surface area contributed by atoms with E-state index in [9.17, 15) is 9.59 Å². The van der Waals surface area contributed by atoms with Gasteiger partial charge in [-0.1, -0.05) is 53.6 Å². The molecule has 1 N–H and O–H groups in total. The Morgan fingerprint density at radius 2 is 1.59 bits per heavy atom. The minimum absolute atomic E-state index is 0.0465. The summed E-state index contributed by atoms with van der Waals surface area (Å²) >= 11 is 0. The number of hydrogen-bond donors (Lipinski definition) is 1. The highest BCUT2D eigenvalue weighted by Gasteiger charge is 2.28. The average molecular weight is 395 g/mol. The fourth-order valence-corrected chi connectivity index (χ4v) is 3.47. The molecule has 0 spiro atoms. The van der Waals surface area contributed by atoms with Crippen LogP contribution in [0.15, 0.2) is 42.5 Å². The van der Waals surface area contributed by atoms with Crippen molar-refractivity contribution in [2.45, 2.75) is 73.0 Å². The molecule has 156 valence electrons. The highest BCUT2D eigenvalue weighted by Crippen LogP contribution is 2.17. The van der Waals surface area contributed by atoms with Gasteiger partial charge in [0.05, 0.1) is 6.42 Å². The summed E-state index contributed by atoms with van der Waals surface area (Å²) in [6.45, 7) is 14.1. The van der Waals surface area contributed by atoms with Gasteiger partial charge in [-0.15, -0.1) is 0 Å². The van der Waals surface area contributed by atoms with E-state index in [1.807, 2.05) is 77.9 Å². The van der Waals surface area contributed by atoms with Crippen molar-refractivity contribution in [3.05, 3.63) is 70.3 Å². The molecule has 0 saturated carbocycles. The molecule has 29 heavy (non-hydrogen) atoms. The zero-order valence-corrected chi connectivity index (χ0v) is 18.8. The summed E-state index contributed by atoms with van der Waals surface area (Å²) in [7, 11) is 0. The second-order valence-corrected chi connectivity index (χ2v) is 9.04. The van der Waals surface area contributed by atoms with E-state index >= 15 is 0 Å². The van der Waals surface area contributed by atoms with Crippen molar-refractivity contribution in [1.29, 1.82) is 0 Å². The van der Waals surface area contributed by atoms with Crippen molar-refractivity contribution < 1.29 is 9.59 Å². The maximum atomic E-state index is 13.3. The zero-order chi connectivity index (χ0) is 21.8. The number of nitrogens with zero attached hydrogens (tertiary/aromatic N) is 1. The lowest BCUT2D eigenvalue weighted by Gasteiger charge is -2.32. The quantitative estimate of drug-likeness (QED) is 0.785. The second kappa shape index (κ2) is 9.25. The standard InChI is InChI=1S/C25H34N2O2/c1-17-12-18(2)14-21(13-17)15-23(28)27(16-22-11-9-8-10-19(22)3)20(4)24(29)26-25(5,6)7/h8-14,20H,15-16H2,1-7H3,(H,26,29)/t20-/m1/s1. The lowest BCUT2D eigenvalue weighted by molar-refractivity contribution is -0.140. The Morgan fingerprint density at radius 3 is 2.14 bits per heavy atom. The van der Waals surface area contributed by atoms with Crippen LogP contribution in [0.5, 0.6) is 0 Å². The molecule has 1 atom stereocenters. The van der Waals surface area contributed by atoms with Gasteiger partial charge < -0.3 is 10.2 Å². The van der Waals surface area contributed by atoms with Gasteiger partial charge in [-0.2, -0.15) is 0 Å². The number of carbonyl (C=O) groups excluding carboxylic acids is 2. The van der Waals surface area contributed by atoms with Crippen molar-refractivity contribution >= 4 is 11.8 Å². The van der Waals surface area contributed by atoms with Crippen LogP contribution in [-0.2, 0) is 22.6 Å². The minimum Gasteiger partial charge on any atom is -0.350 e. The third-order valence-corrected chi connectivity index (χ3v) is 4.90. The molecule has 0 aliphatic heterocycles. The Morgan fingerprint density at radius 1 is 1.00 bits per heavy atom. The van der Waals surface area contributed by atoms with Crippen molar-refractivity contribution in [3.63, 3.8) is 0 Å². The number of aryl methyl sites for hydroxylation is 3. The van der Waals surface area contributed by atoms with E-state index in [2.05, 4.69) is 11.4 Å². The van der Waals surface area contributed by atoms with Gasteiger partial charge in [0.2, 0.25) is 11.8 Å². The van der Waals surface area contributed by atoms with Crippen LogP contribution in [0.2, 0.25) is 0 Å². The first-order valence-electron chi connectivity index (χ1n) is 10.2. The number of carbonyl (C=O) groups is 2. The lowest BCUT2D eigenvalue weighted by atomic mass is 10.0. The smallest absolute Gasteiger partial charge is 0.242 e. The van der Waals surface area contributed by atoms with Gasteiger partial charge in [-0.05, 0) is 65.2 Å². The maximum Gasteiger partial charge on any atom is 0.242 e. The first-order chi connectivity index (χ1) is 13.5. The predicted octanol–water partition coefficient (Wildman–Crippen LogP) is 4.49. The number of benzene rings is 2. The van der Waals surface area contributed by atoms with Gasteiger partial charge in [-0.25, -0.2) is 0 Å². The molecule has 0 aromatic heterocycles. The zero-order valence-electron chi connectivity index (χ0n) is 18.8. The Labute approximate surface area is 175 Å². The summed E-state index contributed by atoms with van der Waals surface area (Å²) < 4.78 is 0. The molecule has 0 radical (unpaired) electrons. The van der Waals surface area contributed by atoms with Crippen molar-refractivity contribution in [3.8, 4) is 0 Å². The molecule has 4 nitrogen and oxygen atoms in total. The normalized spacial score (nSPS) is 12.4. The van der Waals surface area contributed by atoms with E-state index in [0.717, 1.165) is 27.8 Å². The highest BCUT2D eigenvalue weighted by atomic mass is 16.2. The van der Waals surface area contributed by atoms with Crippen LogP contribution in [0.1, 0.15) is 55.5 Å². The molecule has 0 aliphatic carbocycles. The molecule has 2 aromatic carbocycles. The molecule has 2 rings (SSSR count). The van der Waals surface area contributed by atoms with Crippen LogP contribution < -0.4 is 5.32 Å². The molecule has 0 fully saturated rings. The maximum absolute atomic E-state index is 13.3. The van der Waals surface area contributed by atoms with E-state index < -0.39 is 6.04 Å². The van der Waals surface area contributed by atoms with Crippen LogP contribution in [0.4, 0.5) is 0 Å². The number of hydrogen-bond acceptors (Lipinski definition) is 2. The summed E-state index contributed by atoms with van der Waals surface area (Å²) in [6, 6.07) is 13.6. The third-order valence-electron chi connectivity index (χ3n) is 4.90. The van der Waals surface area contributed by atoms with Crippen LogP contribution in [0.3, 0.4) is 0 Å². The van der Waals surface area contributed by atoms with Crippen LogP contribution >= 0.6 is 0 Å². The summed E-state index contributed by atoms with van der Waals surface area (Å²) in [5.74, 6) is -0.185. The lowest BCUT2D eigenvalue weighted by Crippen LogP contribution is -2.52. The van der Waals surface area contributed by atoms with Gasteiger partial charge in [0.25, 0.3) is 0 Å². The number of nitrogens with one attached hydrogen (secondary N) is 1. The SMILES string of the molecule is Cc1cc(C)cc(CC(=O)N(Cc2ccccc2C)[C@H](C)C(=O)NC(C)(C)C)c1. The Kier molecular flexibility index (Phi) is 7.23. The van der Waals surface area contributed by atoms with E-state index in [0.29, 0.717) is 6.54 Å². The molecule has 4 heteroatoms. The molecule has 2 aromatic rings. The monoisotopic (exact) mass is 394 g/mol. The van der Waals surface area contributed by atoms with Gasteiger partial charge >= 0.3 is 0 Å². The summed E-state index contributed by atoms with van der Waals surface area (Å²) in [4.78, 5) is 27.8. The third kappa shape index (κ3) is 6.74. The van der Waals surface area contributed by atoms with Gasteiger partial charge in [-0.3, -0.25) is 9.59 Å². The highest BCUT2D eigenvalue weighted by molar-refractivity contribution is 5.88. The van der Waals surface area contributed by atoms with Crippen molar-refractivity contribution in [2.24, 2.45) is 0 Å². The Bertz CT molecular complexity index is 860. The molecule has 0 saturated heterocycles. The summed E-state index contributed by atoms with van der Waals surface area (Å²) in [5, 5.41) is 3.00. The van der Waals surface area contributed by atoms with E-state index in [1.165, 1.54) is 0 Å². The minimum atomic E-state index is -0.563. The summed E-state index contributed by atoms with van der Waals surface area (Å²) in [6.07, 6.45) is 0.279. The van der Waals surface area contributed by atoms with Crippen LogP contribution in [0.25, 0.3) is 0 Å². The summed E-state index contributed by atoms with van der Waals surface area (Å²) in [5.41, 5.74) is 5.06. The molecule has 0 aliphatic rings. The second-order valence-electron chi connectivity index (χ2n) is 9.04. The van der Waals surface area contributed by atoms with Gasteiger partial charge in [0, 0.05) is 12.1 Å². The fourth-order valence-electron chi connectivity index (χ4n) is 3.47. The van der Waals surface area contributed by atoms with Gasteiger partial charge in [0.15, 0.2) is 0 Å². The van der Waals surface area contributed by atoms with Gasteiger partial charge in [0.1, 0.15) is 6.04 Å². The van der Waals surface area contributed by atoms with Crippen LogP contribution in [-0.4, -0.2) is 28.3 Å². The average Bonchev–Trinajstić information content (AvgIpc) is 2.58. The molecular weight excluding hydrogens is 360 g/mol. The fraction of sp³-hybridized carbons (Fsp3) is 0.440. The van der Waals surface area contributed by atoms with E-state index in [1.54, 1.807) is 11.8 Å². The topological polar surface area (TPSA) is 49.4 Å². The molecule has 2 amide bonds. The molecule has 0 unspecified atom stereocenters. The first-order valence-corrected chi connectivity index (χ1v) is 10.2. The predicted molar refractivity (Wildman–Crippen MR) is 119 cm³/mol. The largest absolute Gasteiger partial charge is 0.350 e. The van der Waals surface area contributed by atoms with E-state index in [-0.39, 0.29) is 23.8 Å². The molecule has 0 heterocycles. The van der Waals surface area contributed by atoms with Crippen molar-refractivity contribution in [1.82, 2.24) is 10.2 Å². The van der Waals surface area contributed by atoms with Crippen LogP contribution in [0, 0.1) is 20.8 Å². The Hall–Kier alpha value is -2.62.